The van der Waals surface area contributed by atoms with Gasteiger partial charge in [0.05, 0.1) is 0 Å². The summed E-state index contributed by atoms with van der Waals surface area (Å²) in [6.45, 7) is 5.11. The van der Waals surface area contributed by atoms with E-state index in [2.05, 4.69) is 26.3 Å². The van der Waals surface area contributed by atoms with E-state index < -0.39 is 0 Å². The second kappa shape index (κ2) is 8.57. The number of halogens is 2. The van der Waals surface area contributed by atoms with E-state index in [-0.39, 0.29) is 0 Å². The van der Waals surface area contributed by atoms with Crippen molar-refractivity contribution in [1.82, 2.24) is 14.3 Å². The van der Waals surface area contributed by atoms with E-state index in [4.69, 9.17) is 28.2 Å². The first-order chi connectivity index (χ1) is 13.2. The van der Waals surface area contributed by atoms with E-state index in [1.807, 2.05) is 36.4 Å². The Morgan fingerprint density at radius 2 is 1.70 bits per heavy atom. The first kappa shape index (κ1) is 18.7. The van der Waals surface area contributed by atoms with Gasteiger partial charge >= 0.3 is 0 Å². The number of aromatic nitrogens is 2. The van der Waals surface area contributed by atoms with Crippen molar-refractivity contribution in [2.24, 2.45) is 0 Å². The van der Waals surface area contributed by atoms with Gasteiger partial charge in [-0.3, -0.25) is 4.90 Å². The van der Waals surface area contributed by atoms with Crippen LogP contribution >= 0.6 is 34.7 Å². The van der Waals surface area contributed by atoms with Crippen LogP contribution in [0.15, 0.2) is 48.5 Å². The van der Waals surface area contributed by atoms with Gasteiger partial charge < -0.3 is 4.90 Å². The lowest BCUT2D eigenvalue weighted by atomic mass is 10.1. The van der Waals surface area contributed by atoms with Gasteiger partial charge in [0.25, 0.3) is 0 Å². The second-order valence-electron chi connectivity index (χ2n) is 6.62. The summed E-state index contributed by atoms with van der Waals surface area (Å²) in [6.07, 6.45) is 1.05. The molecule has 4 nitrogen and oxygen atoms in total. The van der Waals surface area contributed by atoms with Gasteiger partial charge in [-0.1, -0.05) is 47.5 Å². The monoisotopic (exact) mass is 418 g/mol. The molecule has 0 aliphatic carbocycles. The van der Waals surface area contributed by atoms with Gasteiger partial charge in [-0.2, -0.15) is 9.36 Å². The van der Waals surface area contributed by atoms with Crippen molar-refractivity contribution in [3.8, 4) is 11.4 Å². The fraction of sp³-hybridized carbons (Fsp3) is 0.300. The number of hydrogen-bond acceptors (Lipinski definition) is 5. The number of piperazine rings is 1. The largest absolute Gasteiger partial charge is 0.344 e. The van der Waals surface area contributed by atoms with Gasteiger partial charge in [-0.05, 0) is 36.2 Å². The molecule has 1 saturated heterocycles. The predicted octanol–water partition coefficient (Wildman–Crippen LogP) is 4.88. The minimum atomic E-state index is 0.707. The fourth-order valence-electron chi connectivity index (χ4n) is 3.19. The van der Waals surface area contributed by atoms with E-state index in [1.165, 1.54) is 17.1 Å². The third-order valence-electron chi connectivity index (χ3n) is 4.77. The number of anilines is 1. The minimum Gasteiger partial charge on any atom is -0.344 e. The van der Waals surface area contributed by atoms with Crippen LogP contribution in [0.25, 0.3) is 11.4 Å². The van der Waals surface area contributed by atoms with Crippen molar-refractivity contribution in [3.63, 3.8) is 0 Å². The Morgan fingerprint density at radius 1 is 0.926 bits per heavy atom. The Labute approximate surface area is 173 Å². The average molecular weight is 419 g/mol. The van der Waals surface area contributed by atoms with Crippen LogP contribution in [0.1, 0.15) is 5.56 Å². The Kier molecular flexibility index (Phi) is 5.93. The molecule has 0 unspecified atom stereocenters. The summed E-state index contributed by atoms with van der Waals surface area (Å²) in [4.78, 5) is 9.54. The first-order valence-electron chi connectivity index (χ1n) is 8.99. The van der Waals surface area contributed by atoms with Crippen molar-refractivity contribution in [1.29, 1.82) is 0 Å². The smallest absolute Gasteiger partial charge is 0.205 e. The van der Waals surface area contributed by atoms with Crippen LogP contribution in [0.5, 0.6) is 0 Å². The van der Waals surface area contributed by atoms with Crippen LogP contribution in [0.2, 0.25) is 10.0 Å². The van der Waals surface area contributed by atoms with E-state index in [0.717, 1.165) is 60.7 Å². The van der Waals surface area contributed by atoms with Gasteiger partial charge in [0, 0.05) is 59.9 Å². The highest BCUT2D eigenvalue weighted by Gasteiger charge is 2.20. The summed E-state index contributed by atoms with van der Waals surface area (Å²) in [5, 5.41) is 2.49. The van der Waals surface area contributed by atoms with Crippen LogP contribution in [-0.4, -0.2) is 47.0 Å². The number of rotatable bonds is 5. The molecule has 4 rings (SSSR count). The molecule has 3 aromatic rings. The molecule has 0 saturated carbocycles. The zero-order valence-electron chi connectivity index (χ0n) is 14.8. The lowest BCUT2D eigenvalue weighted by molar-refractivity contribution is 0.261. The molecule has 0 radical (unpaired) electrons. The van der Waals surface area contributed by atoms with Crippen LogP contribution < -0.4 is 4.90 Å². The number of hydrogen-bond donors (Lipinski definition) is 0. The van der Waals surface area contributed by atoms with Crippen LogP contribution in [0, 0.1) is 0 Å². The third-order valence-corrected chi connectivity index (χ3v) is 6.03. The molecule has 27 heavy (non-hydrogen) atoms. The molecule has 0 bridgehead atoms. The standard InChI is InChI=1S/C20H20Cl2N4S/c21-17-6-4-15(5-7-17)8-9-25-10-12-26(13-11-25)20-23-19(24-27-20)16-2-1-3-18(22)14-16/h1-7,14H,8-13H2. The van der Waals surface area contributed by atoms with Crippen molar-refractivity contribution >= 4 is 39.9 Å². The highest BCUT2D eigenvalue weighted by Crippen LogP contribution is 2.26. The van der Waals surface area contributed by atoms with Crippen molar-refractivity contribution in [2.45, 2.75) is 6.42 Å². The number of benzene rings is 2. The third kappa shape index (κ3) is 4.79. The van der Waals surface area contributed by atoms with Gasteiger partial charge in [0.15, 0.2) is 5.82 Å². The molecule has 140 valence electrons. The van der Waals surface area contributed by atoms with Crippen LogP contribution in [-0.2, 0) is 6.42 Å². The SMILES string of the molecule is Clc1ccc(CCN2CCN(c3nc(-c4cccc(Cl)c4)ns3)CC2)cc1. The van der Waals surface area contributed by atoms with Gasteiger partial charge in [0.2, 0.25) is 5.13 Å². The average Bonchev–Trinajstić information content (AvgIpc) is 3.18. The lowest BCUT2D eigenvalue weighted by Gasteiger charge is -2.34. The molecule has 7 heteroatoms. The summed E-state index contributed by atoms with van der Waals surface area (Å²) < 4.78 is 4.51. The fourth-order valence-corrected chi connectivity index (χ4v) is 4.25. The highest BCUT2D eigenvalue weighted by atomic mass is 35.5. The summed E-state index contributed by atoms with van der Waals surface area (Å²) in [5.41, 5.74) is 2.30. The zero-order valence-corrected chi connectivity index (χ0v) is 17.1. The van der Waals surface area contributed by atoms with Crippen LogP contribution in [0.4, 0.5) is 5.13 Å². The molecule has 0 amide bonds. The van der Waals surface area contributed by atoms with Gasteiger partial charge in [-0.25, -0.2) is 0 Å². The maximum absolute atomic E-state index is 6.07. The molecule has 0 atom stereocenters. The molecule has 2 heterocycles. The van der Waals surface area contributed by atoms with E-state index in [1.54, 1.807) is 0 Å². The lowest BCUT2D eigenvalue weighted by Crippen LogP contribution is -2.47. The number of nitrogens with zero attached hydrogens (tertiary/aromatic N) is 4. The predicted molar refractivity (Wildman–Crippen MR) is 114 cm³/mol. The molecule has 1 aliphatic heterocycles. The maximum atomic E-state index is 6.07. The van der Waals surface area contributed by atoms with E-state index in [9.17, 15) is 0 Å². The summed E-state index contributed by atoms with van der Waals surface area (Å²) >= 11 is 13.5. The zero-order chi connectivity index (χ0) is 18.6. The Balaban J connectivity index is 1.31. The van der Waals surface area contributed by atoms with E-state index in [0.29, 0.717) is 5.02 Å². The quantitative estimate of drug-likeness (QED) is 0.590. The molecule has 0 N–H and O–H groups in total. The first-order valence-corrected chi connectivity index (χ1v) is 10.5. The van der Waals surface area contributed by atoms with Crippen LogP contribution in [0.3, 0.4) is 0 Å². The molecular weight excluding hydrogens is 399 g/mol. The maximum Gasteiger partial charge on any atom is 0.205 e. The summed E-state index contributed by atoms with van der Waals surface area (Å²) in [7, 11) is 0. The van der Waals surface area contributed by atoms with Crippen molar-refractivity contribution < 1.29 is 0 Å². The molecule has 1 aliphatic rings. The molecule has 0 spiro atoms. The second-order valence-corrected chi connectivity index (χ2v) is 8.22. The molecule has 1 fully saturated rings. The minimum absolute atomic E-state index is 0.707. The normalized spacial score (nSPS) is 15.3. The highest BCUT2D eigenvalue weighted by molar-refractivity contribution is 7.09. The molecular formula is C20H20Cl2N4S. The van der Waals surface area contributed by atoms with Crippen molar-refractivity contribution in [3.05, 3.63) is 64.1 Å². The van der Waals surface area contributed by atoms with E-state index >= 15 is 0 Å². The summed E-state index contributed by atoms with van der Waals surface area (Å²) in [6, 6.07) is 15.8. The summed E-state index contributed by atoms with van der Waals surface area (Å²) in [5.74, 6) is 0.752. The Morgan fingerprint density at radius 3 is 2.44 bits per heavy atom. The topological polar surface area (TPSA) is 32.3 Å². The van der Waals surface area contributed by atoms with Crippen molar-refractivity contribution in [2.75, 3.05) is 37.6 Å². The molecule has 1 aromatic heterocycles. The Hall–Kier alpha value is -1.66. The van der Waals surface area contributed by atoms with Gasteiger partial charge in [-0.15, -0.1) is 0 Å². The Bertz CT molecular complexity index is 889. The molecule has 2 aromatic carbocycles. The van der Waals surface area contributed by atoms with Gasteiger partial charge in [0.1, 0.15) is 0 Å².